The van der Waals surface area contributed by atoms with E-state index in [4.69, 9.17) is 4.52 Å². The zero-order valence-corrected chi connectivity index (χ0v) is 15.6. The molecule has 4 heterocycles. The fourth-order valence-corrected chi connectivity index (χ4v) is 2.96. The summed E-state index contributed by atoms with van der Waals surface area (Å²) in [6.45, 7) is 7.62. The number of hydrogen-bond acceptors (Lipinski definition) is 8. The number of rotatable bonds is 3. The third-order valence-electron chi connectivity index (χ3n) is 4.35. The predicted molar refractivity (Wildman–Crippen MR) is 91.7 cm³/mol. The first-order valence-electron chi connectivity index (χ1n) is 8.66. The first-order valence-corrected chi connectivity index (χ1v) is 8.66. The molecule has 3 aromatic rings. The highest BCUT2D eigenvalue weighted by atomic mass is 19.3. The molecule has 0 aliphatic carbocycles. The normalized spacial score (nSPS) is 17.2. The van der Waals surface area contributed by atoms with Crippen LogP contribution in [0.2, 0.25) is 0 Å². The van der Waals surface area contributed by atoms with Crippen LogP contribution >= 0.6 is 0 Å². The lowest BCUT2D eigenvalue weighted by molar-refractivity contribution is 0.0257. The van der Waals surface area contributed by atoms with Gasteiger partial charge in [0.05, 0.1) is 6.54 Å². The van der Waals surface area contributed by atoms with E-state index in [0.717, 1.165) is 0 Å². The van der Waals surface area contributed by atoms with Gasteiger partial charge in [-0.2, -0.15) is 4.98 Å². The molecule has 27 heavy (non-hydrogen) atoms. The molecule has 0 bridgehead atoms. The monoisotopic (exact) mass is 378 g/mol. The van der Waals surface area contributed by atoms with Crippen LogP contribution in [0.1, 0.15) is 44.7 Å². The summed E-state index contributed by atoms with van der Waals surface area (Å²) < 4.78 is 34.0. The van der Waals surface area contributed by atoms with Crippen LogP contribution in [0.4, 0.5) is 14.6 Å². The maximum atomic E-state index is 13.8. The topological polar surface area (TPSA) is 98.7 Å². The highest BCUT2D eigenvalue weighted by Gasteiger charge is 2.40. The van der Waals surface area contributed by atoms with Gasteiger partial charge in [-0.1, -0.05) is 31.1 Å². The Morgan fingerprint density at radius 2 is 1.96 bits per heavy atom. The van der Waals surface area contributed by atoms with E-state index in [1.54, 1.807) is 11.8 Å². The van der Waals surface area contributed by atoms with Crippen LogP contribution in [0, 0.1) is 6.92 Å². The molecule has 0 unspecified atom stereocenters. The van der Waals surface area contributed by atoms with E-state index in [9.17, 15) is 8.78 Å². The number of nitrogens with zero attached hydrogens (tertiary/aromatic N) is 8. The fraction of sp³-hybridized carbons (Fsp3) is 0.625. The number of anilines is 1. The van der Waals surface area contributed by atoms with Crippen LogP contribution in [0.3, 0.4) is 0 Å². The molecular weight excluding hydrogens is 358 g/mol. The minimum atomic E-state index is -2.74. The Bertz CT molecular complexity index is 990. The quantitative estimate of drug-likeness (QED) is 0.683. The second-order valence-corrected chi connectivity index (χ2v) is 7.80. The van der Waals surface area contributed by atoms with Crippen molar-refractivity contribution in [3.8, 4) is 0 Å². The predicted octanol–water partition coefficient (Wildman–Crippen LogP) is 2.10. The summed E-state index contributed by atoms with van der Waals surface area (Å²) >= 11 is 0. The van der Waals surface area contributed by atoms with Gasteiger partial charge in [-0.3, -0.25) is 0 Å². The number of fused-ring (bicyclic) bond motifs is 1. The molecule has 0 atom stereocenters. The van der Waals surface area contributed by atoms with Crippen molar-refractivity contribution in [1.29, 1.82) is 0 Å². The van der Waals surface area contributed by atoms with Gasteiger partial charge in [0.25, 0.3) is 5.92 Å². The zero-order valence-electron chi connectivity index (χ0n) is 15.6. The molecule has 9 nitrogen and oxygen atoms in total. The zero-order chi connectivity index (χ0) is 19.4. The SMILES string of the molecule is Cc1nc(Cn2nnc3c(N4CCC(F)(F)C4)nc(C(C)(C)C)nc32)no1. The minimum absolute atomic E-state index is 0.208. The van der Waals surface area contributed by atoms with Crippen molar-refractivity contribution in [1.82, 2.24) is 35.1 Å². The van der Waals surface area contributed by atoms with Crippen molar-refractivity contribution < 1.29 is 13.3 Å². The molecular formula is C16H20F2N8O. The van der Waals surface area contributed by atoms with E-state index in [0.29, 0.717) is 34.5 Å². The average Bonchev–Trinajstić information content (AvgIpc) is 3.26. The number of alkyl halides is 2. The van der Waals surface area contributed by atoms with E-state index < -0.39 is 5.92 Å². The van der Waals surface area contributed by atoms with Gasteiger partial charge in [0.1, 0.15) is 12.4 Å². The first kappa shape index (κ1) is 17.7. The molecule has 1 saturated heterocycles. The van der Waals surface area contributed by atoms with Crippen LogP contribution in [0.5, 0.6) is 0 Å². The molecule has 144 valence electrons. The molecule has 0 spiro atoms. The molecule has 11 heteroatoms. The number of aromatic nitrogens is 7. The van der Waals surface area contributed by atoms with Crippen LogP contribution < -0.4 is 4.90 Å². The van der Waals surface area contributed by atoms with E-state index in [1.165, 1.54) is 4.68 Å². The second-order valence-electron chi connectivity index (χ2n) is 7.80. The third-order valence-corrected chi connectivity index (χ3v) is 4.35. The van der Waals surface area contributed by atoms with E-state index in [2.05, 4.69) is 30.4 Å². The van der Waals surface area contributed by atoms with Gasteiger partial charge in [0.15, 0.2) is 22.8 Å². The molecule has 0 amide bonds. The van der Waals surface area contributed by atoms with Gasteiger partial charge in [0, 0.05) is 25.3 Å². The van der Waals surface area contributed by atoms with Crippen LogP contribution in [0.25, 0.3) is 11.2 Å². The fourth-order valence-electron chi connectivity index (χ4n) is 2.96. The van der Waals surface area contributed by atoms with Crippen molar-refractivity contribution in [2.45, 2.75) is 52.0 Å². The highest BCUT2D eigenvalue weighted by molar-refractivity contribution is 5.83. The summed E-state index contributed by atoms with van der Waals surface area (Å²) in [6.07, 6.45) is -0.209. The Labute approximate surface area is 153 Å². The number of hydrogen-bond donors (Lipinski definition) is 0. The Morgan fingerprint density at radius 1 is 1.19 bits per heavy atom. The van der Waals surface area contributed by atoms with Gasteiger partial charge in [-0.25, -0.2) is 23.4 Å². The summed E-state index contributed by atoms with van der Waals surface area (Å²) in [5.74, 6) is -0.938. The molecule has 1 aliphatic heterocycles. The van der Waals surface area contributed by atoms with Gasteiger partial charge >= 0.3 is 0 Å². The van der Waals surface area contributed by atoms with Crippen LogP contribution in [0.15, 0.2) is 4.52 Å². The number of aryl methyl sites for hydroxylation is 1. The third kappa shape index (κ3) is 3.33. The Kier molecular flexibility index (Phi) is 3.86. The second kappa shape index (κ2) is 5.89. The first-order chi connectivity index (χ1) is 12.6. The van der Waals surface area contributed by atoms with Crippen LogP contribution in [-0.2, 0) is 12.0 Å². The minimum Gasteiger partial charge on any atom is -0.348 e. The summed E-state index contributed by atoms with van der Waals surface area (Å²) in [5, 5.41) is 12.1. The maximum absolute atomic E-state index is 13.8. The largest absolute Gasteiger partial charge is 0.348 e. The average molecular weight is 378 g/mol. The Balaban J connectivity index is 1.82. The summed E-state index contributed by atoms with van der Waals surface area (Å²) in [7, 11) is 0. The molecule has 0 N–H and O–H groups in total. The molecule has 0 radical (unpaired) electrons. The maximum Gasteiger partial charge on any atom is 0.266 e. The lowest BCUT2D eigenvalue weighted by atomic mass is 9.96. The standard InChI is InChI=1S/C16H20F2N8O/c1-9-19-10(23-27-9)7-26-13-11(22-24-26)12(20-14(21-13)15(2,3)4)25-6-5-16(17,18)8-25/h5-8H2,1-4H3. The molecule has 1 fully saturated rings. The van der Waals surface area contributed by atoms with Gasteiger partial charge < -0.3 is 9.42 Å². The van der Waals surface area contributed by atoms with Crippen molar-refractivity contribution >= 4 is 17.0 Å². The molecule has 0 saturated carbocycles. The summed E-state index contributed by atoms with van der Waals surface area (Å²) in [4.78, 5) is 14.9. The van der Waals surface area contributed by atoms with Gasteiger partial charge in [0.2, 0.25) is 5.89 Å². The van der Waals surface area contributed by atoms with E-state index in [-0.39, 0.29) is 31.5 Å². The Morgan fingerprint density at radius 3 is 2.56 bits per heavy atom. The van der Waals surface area contributed by atoms with Crippen molar-refractivity contribution in [2.75, 3.05) is 18.0 Å². The lowest BCUT2D eigenvalue weighted by Crippen LogP contribution is -2.27. The molecule has 0 aromatic carbocycles. The number of halogens is 2. The smallest absolute Gasteiger partial charge is 0.266 e. The molecule has 1 aliphatic rings. The summed E-state index contributed by atoms with van der Waals surface area (Å²) in [5.41, 5.74) is 0.478. The van der Waals surface area contributed by atoms with Gasteiger partial charge in [-0.05, 0) is 0 Å². The van der Waals surface area contributed by atoms with E-state index >= 15 is 0 Å². The molecule has 4 rings (SSSR count). The Hall–Kier alpha value is -2.72. The molecule has 3 aromatic heterocycles. The van der Waals surface area contributed by atoms with Gasteiger partial charge in [-0.15, -0.1) is 5.10 Å². The van der Waals surface area contributed by atoms with Crippen molar-refractivity contribution in [3.63, 3.8) is 0 Å². The highest BCUT2D eigenvalue weighted by Crippen LogP contribution is 2.34. The van der Waals surface area contributed by atoms with Crippen LogP contribution in [-0.4, -0.2) is 54.1 Å². The van der Waals surface area contributed by atoms with Crippen molar-refractivity contribution in [3.05, 3.63) is 17.5 Å². The van der Waals surface area contributed by atoms with E-state index in [1.807, 2.05) is 20.8 Å². The lowest BCUT2D eigenvalue weighted by Gasteiger charge is -2.22. The van der Waals surface area contributed by atoms with Crippen molar-refractivity contribution in [2.24, 2.45) is 0 Å². The summed E-state index contributed by atoms with van der Waals surface area (Å²) in [6, 6.07) is 0.